The van der Waals surface area contributed by atoms with Crippen molar-refractivity contribution in [2.24, 2.45) is 5.10 Å². The van der Waals surface area contributed by atoms with E-state index in [0.29, 0.717) is 10.6 Å². The van der Waals surface area contributed by atoms with E-state index in [1.54, 1.807) is 18.3 Å². The number of amides is 1. The predicted octanol–water partition coefficient (Wildman–Crippen LogP) is 4.51. The van der Waals surface area contributed by atoms with Crippen molar-refractivity contribution in [2.75, 3.05) is 0 Å². The number of rotatable bonds is 4. The third-order valence-corrected chi connectivity index (χ3v) is 4.29. The van der Waals surface area contributed by atoms with Gasteiger partial charge in [0.05, 0.1) is 16.9 Å². The summed E-state index contributed by atoms with van der Waals surface area (Å²) in [6.45, 7) is 4.01. The summed E-state index contributed by atoms with van der Waals surface area (Å²) in [7, 11) is 0. The molecule has 0 atom stereocenters. The molecule has 1 heterocycles. The molecule has 0 saturated carbocycles. The summed E-state index contributed by atoms with van der Waals surface area (Å²) in [5.41, 5.74) is 7.01. The van der Waals surface area contributed by atoms with E-state index >= 15 is 0 Å². The lowest BCUT2D eigenvalue weighted by molar-refractivity contribution is 0.0955. The Morgan fingerprint density at radius 1 is 1.08 bits per heavy atom. The maximum absolute atomic E-state index is 12.0. The highest BCUT2D eigenvalue weighted by Gasteiger charge is 2.11. The molecule has 0 bridgehead atoms. The number of nitrogens with zero attached hydrogens (tertiary/aromatic N) is 2. The van der Waals surface area contributed by atoms with Crippen LogP contribution in [0.1, 0.15) is 27.3 Å². The van der Waals surface area contributed by atoms with Crippen LogP contribution in [0.4, 0.5) is 0 Å². The number of halogens is 1. The third-order valence-electron chi connectivity index (χ3n) is 3.97. The number of para-hydroxylation sites is 1. The summed E-state index contributed by atoms with van der Waals surface area (Å²) in [5, 5.41) is 4.76. The molecule has 3 rings (SSSR count). The highest BCUT2D eigenvalue weighted by atomic mass is 35.5. The molecule has 3 aromatic rings. The molecule has 0 aliphatic rings. The number of carbonyl (C=O) groups is 1. The average Bonchev–Trinajstić information content (AvgIpc) is 2.90. The molecular formula is C20H18ClN3O. The van der Waals surface area contributed by atoms with E-state index < -0.39 is 0 Å². The first-order chi connectivity index (χ1) is 12.1. The molecule has 0 fully saturated rings. The molecule has 2 aromatic carbocycles. The third kappa shape index (κ3) is 3.64. The number of hydrogen-bond donors (Lipinski definition) is 1. The fourth-order valence-corrected chi connectivity index (χ4v) is 2.96. The summed E-state index contributed by atoms with van der Waals surface area (Å²) in [6, 6.07) is 18.7. The van der Waals surface area contributed by atoms with Crippen LogP contribution in [0.25, 0.3) is 5.69 Å². The zero-order valence-electron chi connectivity index (χ0n) is 14.0. The van der Waals surface area contributed by atoms with Crippen molar-refractivity contribution in [3.8, 4) is 5.69 Å². The Morgan fingerprint density at radius 2 is 1.76 bits per heavy atom. The summed E-state index contributed by atoms with van der Waals surface area (Å²) in [5.74, 6) is -0.239. The Bertz CT molecular complexity index is 929. The van der Waals surface area contributed by atoms with Crippen molar-refractivity contribution in [1.82, 2.24) is 9.99 Å². The largest absolute Gasteiger partial charge is 0.316 e. The van der Waals surface area contributed by atoms with E-state index in [4.69, 9.17) is 11.6 Å². The lowest BCUT2D eigenvalue weighted by Gasteiger charge is -2.11. The topological polar surface area (TPSA) is 46.4 Å². The van der Waals surface area contributed by atoms with E-state index in [9.17, 15) is 4.79 Å². The summed E-state index contributed by atoms with van der Waals surface area (Å²) >= 11 is 6.31. The van der Waals surface area contributed by atoms with Crippen molar-refractivity contribution in [3.05, 3.63) is 88.2 Å². The molecule has 0 unspecified atom stereocenters. The second kappa shape index (κ2) is 7.36. The highest BCUT2D eigenvalue weighted by molar-refractivity contribution is 6.32. The van der Waals surface area contributed by atoms with Gasteiger partial charge < -0.3 is 4.57 Å². The second-order valence-corrected chi connectivity index (χ2v) is 6.09. The predicted molar refractivity (Wildman–Crippen MR) is 102 cm³/mol. The molecular weight excluding hydrogens is 334 g/mol. The molecule has 1 N–H and O–H groups in total. The van der Waals surface area contributed by atoms with Crippen LogP contribution in [0, 0.1) is 13.8 Å². The van der Waals surface area contributed by atoms with Crippen molar-refractivity contribution >= 4 is 23.7 Å². The van der Waals surface area contributed by atoms with E-state index in [-0.39, 0.29) is 5.91 Å². The standard InChI is InChI=1S/C20H18ClN3O/c1-14-12-17(13-22-23-20(25)16-8-4-3-5-9-16)15(2)24(14)19-11-7-6-10-18(19)21/h3-13H,1-2H3,(H,23,25)/b22-13+. The van der Waals surface area contributed by atoms with Crippen LogP contribution in [0.3, 0.4) is 0 Å². The summed E-state index contributed by atoms with van der Waals surface area (Å²) < 4.78 is 2.07. The lowest BCUT2D eigenvalue weighted by atomic mass is 10.2. The van der Waals surface area contributed by atoms with Crippen LogP contribution in [0.2, 0.25) is 5.02 Å². The number of aryl methyl sites for hydroxylation is 1. The van der Waals surface area contributed by atoms with Gasteiger partial charge in [-0.3, -0.25) is 4.79 Å². The smallest absolute Gasteiger partial charge is 0.271 e. The first-order valence-electron chi connectivity index (χ1n) is 7.90. The molecule has 126 valence electrons. The van der Waals surface area contributed by atoms with Gasteiger partial charge in [0.15, 0.2) is 0 Å². The SMILES string of the molecule is Cc1cc(/C=N/NC(=O)c2ccccc2)c(C)n1-c1ccccc1Cl. The fraction of sp³-hybridized carbons (Fsp3) is 0.100. The minimum atomic E-state index is -0.239. The molecule has 1 aromatic heterocycles. The van der Waals surface area contributed by atoms with E-state index in [1.165, 1.54) is 0 Å². The fourth-order valence-electron chi connectivity index (χ4n) is 2.74. The van der Waals surface area contributed by atoms with Crippen molar-refractivity contribution in [3.63, 3.8) is 0 Å². The van der Waals surface area contributed by atoms with Crippen LogP contribution in [0.15, 0.2) is 65.8 Å². The lowest BCUT2D eigenvalue weighted by Crippen LogP contribution is -2.17. The van der Waals surface area contributed by atoms with Gasteiger partial charge in [-0.2, -0.15) is 5.10 Å². The quantitative estimate of drug-likeness (QED) is 0.545. The van der Waals surface area contributed by atoms with Gasteiger partial charge in [0.2, 0.25) is 0 Å². The minimum absolute atomic E-state index is 0.239. The van der Waals surface area contributed by atoms with Crippen LogP contribution in [0.5, 0.6) is 0 Å². The van der Waals surface area contributed by atoms with Gasteiger partial charge in [-0.15, -0.1) is 0 Å². The van der Waals surface area contributed by atoms with Gasteiger partial charge in [0.1, 0.15) is 0 Å². The van der Waals surface area contributed by atoms with Crippen LogP contribution in [-0.4, -0.2) is 16.7 Å². The molecule has 0 radical (unpaired) electrons. The van der Waals surface area contributed by atoms with Gasteiger partial charge >= 0.3 is 0 Å². The maximum atomic E-state index is 12.0. The monoisotopic (exact) mass is 351 g/mol. The molecule has 0 spiro atoms. The number of hydrazone groups is 1. The Hall–Kier alpha value is -2.85. The van der Waals surface area contributed by atoms with Crippen LogP contribution >= 0.6 is 11.6 Å². The number of carbonyl (C=O) groups excluding carboxylic acids is 1. The molecule has 0 saturated heterocycles. The Balaban J connectivity index is 1.82. The summed E-state index contributed by atoms with van der Waals surface area (Å²) in [6.07, 6.45) is 1.65. The van der Waals surface area contributed by atoms with Crippen LogP contribution in [-0.2, 0) is 0 Å². The van der Waals surface area contributed by atoms with E-state index in [2.05, 4.69) is 15.1 Å². The first kappa shape index (κ1) is 17.0. The van der Waals surface area contributed by atoms with Crippen molar-refractivity contribution in [1.29, 1.82) is 0 Å². The zero-order valence-corrected chi connectivity index (χ0v) is 14.8. The average molecular weight is 352 g/mol. The number of hydrogen-bond acceptors (Lipinski definition) is 2. The molecule has 0 aliphatic heterocycles. The van der Waals surface area contributed by atoms with Gasteiger partial charge in [-0.25, -0.2) is 5.43 Å². The minimum Gasteiger partial charge on any atom is -0.316 e. The Morgan fingerprint density at radius 3 is 2.48 bits per heavy atom. The molecule has 25 heavy (non-hydrogen) atoms. The van der Waals surface area contributed by atoms with Gasteiger partial charge in [0.25, 0.3) is 5.91 Å². The molecule has 1 amide bonds. The first-order valence-corrected chi connectivity index (χ1v) is 8.28. The van der Waals surface area contributed by atoms with Crippen molar-refractivity contribution < 1.29 is 4.79 Å². The van der Waals surface area contributed by atoms with Crippen LogP contribution < -0.4 is 5.43 Å². The summed E-state index contributed by atoms with van der Waals surface area (Å²) in [4.78, 5) is 12.0. The molecule has 5 heteroatoms. The second-order valence-electron chi connectivity index (χ2n) is 5.68. The van der Waals surface area contributed by atoms with Gasteiger partial charge in [-0.05, 0) is 44.2 Å². The Kier molecular flexibility index (Phi) is 5.00. The highest BCUT2D eigenvalue weighted by Crippen LogP contribution is 2.25. The van der Waals surface area contributed by atoms with E-state index in [1.807, 2.05) is 62.4 Å². The maximum Gasteiger partial charge on any atom is 0.271 e. The van der Waals surface area contributed by atoms with Gasteiger partial charge in [0, 0.05) is 22.5 Å². The number of aromatic nitrogens is 1. The molecule has 0 aliphatic carbocycles. The van der Waals surface area contributed by atoms with Crippen molar-refractivity contribution in [2.45, 2.75) is 13.8 Å². The normalized spacial score (nSPS) is 11.0. The number of benzene rings is 2. The zero-order chi connectivity index (χ0) is 17.8. The Labute approximate surface area is 151 Å². The molecule has 4 nitrogen and oxygen atoms in total. The van der Waals surface area contributed by atoms with E-state index in [0.717, 1.165) is 22.6 Å². The van der Waals surface area contributed by atoms with Gasteiger partial charge in [-0.1, -0.05) is 41.9 Å². The number of nitrogens with one attached hydrogen (secondary N) is 1.